The molecule has 3 heteroatoms. The quantitative estimate of drug-likeness (QED) is 0.657. The van der Waals surface area contributed by atoms with Crippen molar-refractivity contribution in [2.24, 2.45) is 0 Å². The Morgan fingerprint density at radius 1 is 0.909 bits per heavy atom. The van der Waals surface area contributed by atoms with E-state index < -0.39 is 0 Å². The molecule has 0 radical (unpaired) electrons. The molecule has 0 fully saturated rings. The van der Waals surface area contributed by atoms with E-state index in [1.54, 1.807) is 14.2 Å². The molecule has 0 aliphatic heterocycles. The average molecular weight is 295 g/mol. The third kappa shape index (κ3) is 2.75. The highest BCUT2D eigenvalue weighted by molar-refractivity contribution is 5.88. The molecule has 3 nitrogen and oxygen atoms in total. The summed E-state index contributed by atoms with van der Waals surface area (Å²) in [5.41, 5.74) is 1.22. The zero-order chi connectivity index (χ0) is 15.5. The van der Waals surface area contributed by atoms with Crippen LogP contribution in [-0.4, -0.2) is 14.2 Å². The molecule has 0 bridgehead atoms. The van der Waals surface area contributed by atoms with Gasteiger partial charge in [-0.1, -0.05) is 30.3 Å². The monoisotopic (exact) mass is 295 g/mol. The fourth-order valence-electron chi connectivity index (χ4n) is 2.67. The minimum atomic E-state index is 0.711. The van der Waals surface area contributed by atoms with E-state index in [0.29, 0.717) is 5.75 Å². The van der Waals surface area contributed by atoms with E-state index in [0.717, 1.165) is 34.5 Å². The molecule has 1 heterocycles. The van der Waals surface area contributed by atoms with Gasteiger partial charge in [0.1, 0.15) is 0 Å². The average Bonchev–Trinajstić information content (AvgIpc) is 2.54. The fourth-order valence-corrected chi connectivity index (χ4v) is 2.67. The highest BCUT2D eigenvalue weighted by Gasteiger charge is 2.20. The van der Waals surface area contributed by atoms with Crippen LogP contribution in [0.4, 0.5) is 0 Å². The van der Waals surface area contributed by atoms with Crippen molar-refractivity contribution < 1.29 is 13.9 Å². The van der Waals surface area contributed by atoms with Gasteiger partial charge in [-0.15, -0.1) is 0 Å². The molecule has 3 rings (SSSR count). The predicted molar refractivity (Wildman–Crippen MR) is 87.7 cm³/mol. The van der Waals surface area contributed by atoms with Crippen molar-refractivity contribution in [1.29, 1.82) is 0 Å². The first-order chi connectivity index (χ1) is 10.7. The lowest BCUT2D eigenvalue weighted by atomic mass is 10.0. The molecular weight excluding hydrogens is 276 g/mol. The van der Waals surface area contributed by atoms with Crippen molar-refractivity contribution >= 4 is 10.8 Å². The number of hydrogen-bond acceptors (Lipinski definition) is 2. The second-order valence-corrected chi connectivity index (χ2v) is 5.24. The molecule has 2 aromatic carbocycles. The first kappa shape index (κ1) is 14.4. The second-order valence-electron chi connectivity index (χ2n) is 5.24. The van der Waals surface area contributed by atoms with Crippen molar-refractivity contribution in [3.63, 3.8) is 0 Å². The molecule has 0 aliphatic carbocycles. The summed E-state index contributed by atoms with van der Waals surface area (Å²) in [7, 11) is 3.29. The fraction of sp³-hybridized carbons (Fsp3) is 0.211. The maximum absolute atomic E-state index is 5.97. The first-order valence-corrected chi connectivity index (χ1v) is 7.23. The summed E-state index contributed by atoms with van der Waals surface area (Å²) in [4.78, 5) is 0. The van der Waals surface area contributed by atoms with Crippen LogP contribution < -0.4 is 9.47 Å². The van der Waals surface area contributed by atoms with Gasteiger partial charge in [0.25, 0.3) is 0 Å². The maximum Gasteiger partial charge on any atom is 0.341 e. The Bertz CT molecular complexity index is 795. The van der Waals surface area contributed by atoms with Gasteiger partial charge >= 0.3 is 11.5 Å². The molecule has 22 heavy (non-hydrogen) atoms. The summed E-state index contributed by atoms with van der Waals surface area (Å²) in [6, 6.07) is 16.3. The normalized spacial score (nSPS) is 10.7. The topological polar surface area (TPSA) is 29.8 Å². The Morgan fingerprint density at radius 3 is 2.27 bits per heavy atom. The molecule has 0 amide bonds. The number of ether oxygens (including phenoxy) is 2. The van der Waals surface area contributed by atoms with Crippen LogP contribution in [0.5, 0.6) is 11.5 Å². The van der Waals surface area contributed by atoms with Crippen molar-refractivity contribution in [3.8, 4) is 11.5 Å². The summed E-state index contributed by atoms with van der Waals surface area (Å²) >= 11 is 0. The minimum Gasteiger partial charge on any atom is -0.493 e. The molecule has 0 unspecified atom stereocenters. The molecule has 112 valence electrons. The molecule has 0 spiro atoms. The molecule has 0 atom stereocenters. The zero-order valence-corrected chi connectivity index (χ0v) is 13.1. The van der Waals surface area contributed by atoms with Crippen LogP contribution in [0.15, 0.2) is 52.9 Å². The summed E-state index contributed by atoms with van der Waals surface area (Å²) < 4.78 is 16.8. The Kier molecular flexibility index (Phi) is 3.96. The first-order valence-electron chi connectivity index (χ1n) is 7.23. The van der Waals surface area contributed by atoms with E-state index in [1.807, 2.05) is 43.3 Å². The van der Waals surface area contributed by atoms with Gasteiger partial charge < -0.3 is 9.47 Å². The van der Waals surface area contributed by atoms with Crippen molar-refractivity contribution in [2.45, 2.75) is 13.3 Å². The van der Waals surface area contributed by atoms with Gasteiger partial charge in [0.2, 0.25) is 0 Å². The standard InChI is InChI=1S/C19H19O3/c1-13-9-15-11-18(20-2)19(21-3)12-16(15)17(22-13)10-14-7-5-4-6-8-14/h4-9,11-12H,10H2,1-3H3/q+1. The summed E-state index contributed by atoms with van der Waals surface area (Å²) in [6.45, 7) is 1.96. The van der Waals surface area contributed by atoms with E-state index >= 15 is 0 Å². The van der Waals surface area contributed by atoms with Gasteiger partial charge in [-0.05, 0) is 11.6 Å². The maximum atomic E-state index is 5.97. The SMILES string of the molecule is COc1cc2cc(C)[o+]c(Cc3ccccc3)c2cc1OC. The van der Waals surface area contributed by atoms with E-state index in [9.17, 15) is 0 Å². The Balaban J connectivity index is 2.16. The van der Waals surface area contributed by atoms with Crippen LogP contribution >= 0.6 is 0 Å². The molecular formula is C19H19O3+. The number of rotatable bonds is 4. The largest absolute Gasteiger partial charge is 0.493 e. The predicted octanol–water partition coefficient (Wildman–Crippen LogP) is 4.63. The molecule has 0 aliphatic rings. The number of aryl methyl sites for hydroxylation is 1. The Hall–Kier alpha value is -2.55. The van der Waals surface area contributed by atoms with Crippen molar-refractivity contribution in [1.82, 2.24) is 0 Å². The van der Waals surface area contributed by atoms with Gasteiger partial charge in [0.05, 0.1) is 33.0 Å². The zero-order valence-electron chi connectivity index (χ0n) is 13.1. The molecule has 0 saturated heterocycles. The van der Waals surface area contributed by atoms with Gasteiger partial charge in [-0.25, -0.2) is 4.42 Å². The summed E-state index contributed by atoms with van der Waals surface area (Å²) in [6.07, 6.45) is 0.745. The second kappa shape index (κ2) is 6.06. The number of methoxy groups -OCH3 is 2. The van der Waals surface area contributed by atoms with Gasteiger partial charge in [0.15, 0.2) is 11.5 Å². The van der Waals surface area contributed by atoms with Crippen LogP contribution in [-0.2, 0) is 6.42 Å². The highest BCUT2D eigenvalue weighted by atomic mass is 16.5. The van der Waals surface area contributed by atoms with Crippen molar-refractivity contribution in [3.05, 3.63) is 65.6 Å². The van der Waals surface area contributed by atoms with E-state index in [2.05, 4.69) is 12.1 Å². The molecule has 0 saturated carbocycles. The summed E-state index contributed by atoms with van der Waals surface area (Å²) in [5.74, 6) is 3.25. The Morgan fingerprint density at radius 2 is 1.59 bits per heavy atom. The molecule has 1 aromatic heterocycles. The van der Waals surface area contributed by atoms with Gasteiger partial charge in [-0.3, -0.25) is 0 Å². The molecule has 3 aromatic rings. The van der Waals surface area contributed by atoms with Crippen LogP contribution in [0.2, 0.25) is 0 Å². The lowest BCUT2D eigenvalue weighted by molar-refractivity contribution is 0.355. The van der Waals surface area contributed by atoms with Crippen molar-refractivity contribution in [2.75, 3.05) is 14.2 Å². The minimum absolute atomic E-state index is 0.711. The van der Waals surface area contributed by atoms with Gasteiger partial charge in [0, 0.05) is 17.5 Å². The van der Waals surface area contributed by atoms with Crippen LogP contribution in [0, 0.1) is 6.92 Å². The molecule has 0 N–H and O–H groups in total. The van der Waals surface area contributed by atoms with E-state index in [4.69, 9.17) is 13.9 Å². The lowest BCUT2D eigenvalue weighted by Gasteiger charge is -2.08. The Labute approximate surface area is 130 Å². The highest BCUT2D eigenvalue weighted by Crippen LogP contribution is 2.34. The summed E-state index contributed by atoms with van der Waals surface area (Å²) in [5, 5.41) is 2.14. The number of benzene rings is 2. The van der Waals surface area contributed by atoms with E-state index in [1.165, 1.54) is 5.56 Å². The third-order valence-electron chi connectivity index (χ3n) is 3.71. The smallest absolute Gasteiger partial charge is 0.341 e. The van der Waals surface area contributed by atoms with Crippen LogP contribution in [0.3, 0.4) is 0 Å². The lowest BCUT2D eigenvalue weighted by Crippen LogP contribution is -1.95. The third-order valence-corrected chi connectivity index (χ3v) is 3.71. The number of fused-ring (bicyclic) bond motifs is 1. The van der Waals surface area contributed by atoms with Crippen LogP contribution in [0.1, 0.15) is 17.1 Å². The van der Waals surface area contributed by atoms with Crippen LogP contribution in [0.25, 0.3) is 10.8 Å². The van der Waals surface area contributed by atoms with E-state index in [-0.39, 0.29) is 0 Å². The van der Waals surface area contributed by atoms with Gasteiger partial charge in [-0.2, -0.15) is 0 Å². The number of hydrogen-bond donors (Lipinski definition) is 0.